The fourth-order valence-electron chi connectivity index (χ4n) is 3.25. The van der Waals surface area contributed by atoms with Gasteiger partial charge in [-0.3, -0.25) is 9.20 Å². The first kappa shape index (κ1) is 19.3. The number of rotatable bonds is 5. The number of hydrogen-bond acceptors (Lipinski definition) is 5. The van der Waals surface area contributed by atoms with Crippen LogP contribution in [0, 0.1) is 18.6 Å². The van der Waals surface area contributed by atoms with Gasteiger partial charge in [0.05, 0.1) is 19.0 Å². The number of amides is 1. The Morgan fingerprint density at radius 2 is 1.97 bits per heavy atom. The number of nitrogens with two attached hydrogens (primary N) is 1. The third-order valence-corrected chi connectivity index (χ3v) is 4.73. The third kappa shape index (κ3) is 3.20. The van der Waals surface area contributed by atoms with E-state index in [4.69, 9.17) is 10.5 Å². The zero-order valence-electron chi connectivity index (χ0n) is 16.1. The molecule has 9 heteroatoms. The second-order valence-corrected chi connectivity index (χ2v) is 6.58. The second kappa shape index (κ2) is 7.43. The maximum absolute atomic E-state index is 14.6. The lowest BCUT2D eigenvalue weighted by Gasteiger charge is -2.10. The number of anilines is 2. The first-order valence-electron chi connectivity index (χ1n) is 8.92. The molecule has 0 unspecified atom stereocenters. The van der Waals surface area contributed by atoms with Gasteiger partial charge in [-0.15, -0.1) is 0 Å². The molecular formula is C21H17F2N5O2. The number of nitrogens with zero attached hydrogens (tertiary/aromatic N) is 3. The number of halogens is 2. The van der Waals surface area contributed by atoms with Gasteiger partial charge in [0.1, 0.15) is 0 Å². The van der Waals surface area contributed by atoms with Crippen LogP contribution in [0.4, 0.5) is 20.3 Å². The van der Waals surface area contributed by atoms with Gasteiger partial charge < -0.3 is 15.8 Å². The highest BCUT2D eigenvalue weighted by Gasteiger charge is 2.19. The largest absolute Gasteiger partial charge is 0.494 e. The fraction of sp³-hybridized carbons (Fsp3) is 0.0952. The molecule has 0 aliphatic carbocycles. The summed E-state index contributed by atoms with van der Waals surface area (Å²) in [7, 11) is 1.27. The van der Waals surface area contributed by atoms with Gasteiger partial charge in [0.15, 0.2) is 23.0 Å². The highest BCUT2D eigenvalue weighted by Crippen LogP contribution is 2.31. The Morgan fingerprint density at radius 1 is 1.17 bits per heavy atom. The van der Waals surface area contributed by atoms with E-state index < -0.39 is 17.5 Å². The smallest absolute Gasteiger partial charge is 0.248 e. The van der Waals surface area contributed by atoms with Crippen LogP contribution in [0.3, 0.4) is 0 Å². The number of imidazole rings is 1. The second-order valence-electron chi connectivity index (χ2n) is 6.58. The molecule has 0 bridgehead atoms. The molecule has 2 aromatic carbocycles. The van der Waals surface area contributed by atoms with Crippen LogP contribution in [0.1, 0.15) is 15.9 Å². The van der Waals surface area contributed by atoms with E-state index in [-0.39, 0.29) is 11.3 Å². The van der Waals surface area contributed by atoms with Crippen molar-refractivity contribution in [2.24, 2.45) is 5.73 Å². The van der Waals surface area contributed by atoms with Gasteiger partial charge in [-0.05, 0) is 42.8 Å². The van der Waals surface area contributed by atoms with Gasteiger partial charge >= 0.3 is 0 Å². The Morgan fingerprint density at radius 3 is 2.67 bits per heavy atom. The van der Waals surface area contributed by atoms with Crippen molar-refractivity contribution in [2.75, 3.05) is 12.4 Å². The normalized spacial score (nSPS) is 10.9. The Balaban J connectivity index is 1.76. The van der Waals surface area contributed by atoms with Crippen LogP contribution in [0.15, 0.2) is 48.9 Å². The molecule has 0 radical (unpaired) electrons. The number of carbonyl (C=O) groups is 1. The molecular weight excluding hydrogens is 392 g/mol. The highest BCUT2D eigenvalue weighted by atomic mass is 19.2. The molecule has 0 aliphatic rings. The average molecular weight is 409 g/mol. The summed E-state index contributed by atoms with van der Waals surface area (Å²) in [6.07, 6.45) is 4.56. The number of aromatic nitrogens is 3. The van der Waals surface area contributed by atoms with E-state index in [1.165, 1.54) is 31.6 Å². The molecule has 3 N–H and O–H groups in total. The van der Waals surface area contributed by atoms with Gasteiger partial charge in [-0.2, -0.15) is 4.39 Å². The highest BCUT2D eigenvalue weighted by molar-refractivity contribution is 5.94. The number of carbonyl (C=O) groups excluding carboxylic acids is 1. The van der Waals surface area contributed by atoms with Gasteiger partial charge in [-0.25, -0.2) is 14.4 Å². The Hall–Kier alpha value is -4.01. The van der Waals surface area contributed by atoms with Crippen molar-refractivity contribution in [3.63, 3.8) is 0 Å². The van der Waals surface area contributed by atoms with E-state index in [1.54, 1.807) is 35.7 Å². The first-order valence-corrected chi connectivity index (χ1v) is 8.92. The molecule has 1 amide bonds. The standard InChI is InChI=1S/C21H17F2N5O2/c1-11-9-12(3-4-13(11)19(24)29)27-20-21-26-10-15(28(21)8-7-25-20)14-5-6-16(30-2)18(23)17(14)22/h3-10H,1-2H3,(H2,24,29)(H,25,27). The minimum absolute atomic E-state index is 0.0413. The van der Waals surface area contributed by atoms with E-state index in [1.807, 2.05) is 0 Å². The SMILES string of the molecule is COc1ccc(-c2cnc3c(Nc4ccc(C(N)=O)c(C)c4)nccn23)c(F)c1F. The van der Waals surface area contributed by atoms with Crippen molar-refractivity contribution in [2.45, 2.75) is 6.92 Å². The van der Waals surface area contributed by atoms with Crippen LogP contribution in [0.2, 0.25) is 0 Å². The molecule has 152 valence electrons. The molecule has 4 rings (SSSR count). The molecule has 0 aliphatic heterocycles. The van der Waals surface area contributed by atoms with Crippen LogP contribution in [0.5, 0.6) is 5.75 Å². The van der Waals surface area contributed by atoms with Crippen LogP contribution < -0.4 is 15.8 Å². The molecule has 2 aromatic heterocycles. The summed E-state index contributed by atoms with van der Waals surface area (Å²) in [4.78, 5) is 20.0. The number of fused-ring (bicyclic) bond motifs is 1. The molecule has 30 heavy (non-hydrogen) atoms. The van der Waals surface area contributed by atoms with E-state index >= 15 is 0 Å². The molecule has 2 heterocycles. The minimum Gasteiger partial charge on any atom is -0.494 e. The van der Waals surface area contributed by atoms with Crippen molar-refractivity contribution in [1.29, 1.82) is 0 Å². The molecule has 0 atom stereocenters. The average Bonchev–Trinajstić information content (AvgIpc) is 3.15. The van der Waals surface area contributed by atoms with Gasteiger partial charge in [0, 0.05) is 29.2 Å². The van der Waals surface area contributed by atoms with Crippen LogP contribution >= 0.6 is 0 Å². The Labute approximate surface area is 170 Å². The first-order chi connectivity index (χ1) is 14.4. The summed E-state index contributed by atoms with van der Waals surface area (Å²) >= 11 is 0. The van der Waals surface area contributed by atoms with Crippen LogP contribution in [-0.2, 0) is 0 Å². The molecule has 0 fully saturated rings. The molecule has 7 nitrogen and oxygen atoms in total. The Kier molecular flexibility index (Phi) is 4.78. The number of ether oxygens (including phenoxy) is 1. The van der Waals surface area contributed by atoms with Crippen molar-refractivity contribution in [1.82, 2.24) is 14.4 Å². The number of methoxy groups -OCH3 is 1. The van der Waals surface area contributed by atoms with Crippen LogP contribution in [-0.4, -0.2) is 27.4 Å². The third-order valence-electron chi connectivity index (χ3n) is 4.73. The zero-order valence-corrected chi connectivity index (χ0v) is 16.1. The monoisotopic (exact) mass is 409 g/mol. The number of primary amides is 1. The topological polar surface area (TPSA) is 94.5 Å². The lowest BCUT2D eigenvalue weighted by atomic mass is 10.1. The van der Waals surface area contributed by atoms with Gasteiger partial charge in [-0.1, -0.05) is 0 Å². The molecule has 0 saturated heterocycles. The number of hydrogen-bond donors (Lipinski definition) is 2. The van der Waals surface area contributed by atoms with Gasteiger partial charge in [0.25, 0.3) is 0 Å². The van der Waals surface area contributed by atoms with E-state index in [0.717, 1.165) is 0 Å². The minimum atomic E-state index is -1.07. The number of nitrogens with one attached hydrogen (secondary N) is 1. The predicted molar refractivity (Wildman–Crippen MR) is 108 cm³/mol. The molecule has 4 aromatic rings. The van der Waals surface area contributed by atoms with Gasteiger partial charge in [0.2, 0.25) is 11.7 Å². The summed E-state index contributed by atoms with van der Waals surface area (Å²) in [5.74, 6) is -2.37. The molecule has 0 saturated carbocycles. The van der Waals surface area contributed by atoms with E-state index in [9.17, 15) is 13.6 Å². The summed E-state index contributed by atoms with van der Waals surface area (Å²) in [5, 5.41) is 3.13. The van der Waals surface area contributed by atoms with Crippen molar-refractivity contribution in [3.8, 4) is 17.0 Å². The summed E-state index contributed by atoms with van der Waals surface area (Å²) < 4.78 is 35.2. The van der Waals surface area contributed by atoms with E-state index in [2.05, 4.69) is 15.3 Å². The quantitative estimate of drug-likeness (QED) is 0.522. The van der Waals surface area contributed by atoms with Crippen molar-refractivity contribution in [3.05, 3.63) is 71.7 Å². The lowest BCUT2D eigenvalue weighted by molar-refractivity contribution is 0.0999. The maximum Gasteiger partial charge on any atom is 0.248 e. The predicted octanol–water partition coefficient (Wildman–Crippen LogP) is 3.83. The summed E-state index contributed by atoms with van der Waals surface area (Å²) in [6, 6.07) is 7.86. The maximum atomic E-state index is 14.6. The number of benzene rings is 2. The lowest BCUT2D eigenvalue weighted by Crippen LogP contribution is -2.12. The van der Waals surface area contributed by atoms with Crippen molar-refractivity contribution >= 4 is 23.1 Å². The fourth-order valence-corrected chi connectivity index (χ4v) is 3.25. The summed E-state index contributed by atoms with van der Waals surface area (Å²) in [6.45, 7) is 1.77. The Bertz CT molecular complexity index is 1290. The van der Waals surface area contributed by atoms with E-state index in [0.29, 0.717) is 34.0 Å². The number of aryl methyl sites for hydroxylation is 1. The van der Waals surface area contributed by atoms with Crippen LogP contribution in [0.25, 0.3) is 16.9 Å². The molecule has 0 spiro atoms. The summed E-state index contributed by atoms with van der Waals surface area (Å²) in [5.41, 5.74) is 7.96. The zero-order chi connectivity index (χ0) is 21.4. The van der Waals surface area contributed by atoms with Crippen molar-refractivity contribution < 1.29 is 18.3 Å².